The van der Waals surface area contributed by atoms with E-state index in [1.165, 1.54) is 11.3 Å². The number of halogens is 1. The van der Waals surface area contributed by atoms with Crippen LogP contribution in [0, 0.1) is 0 Å². The van der Waals surface area contributed by atoms with Crippen molar-refractivity contribution in [3.63, 3.8) is 0 Å². The summed E-state index contributed by atoms with van der Waals surface area (Å²) in [6, 6.07) is 15.3. The van der Waals surface area contributed by atoms with Crippen LogP contribution in [-0.2, 0) is 0 Å². The molecule has 2 heterocycles. The fourth-order valence-corrected chi connectivity index (χ4v) is 3.55. The molecule has 0 unspecified atom stereocenters. The second kappa shape index (κ2) is 6.82. The molecule has 0 aliphatic rings. The van der Waals surface area contributed by atoms with E-state index in [0.717, 1.165) is 28.1 Å². The Balaban J connectivity index is 1.67. The fourth-order valence-electron chi connectivity index (χ4n) is 2.62. The second-order valence-corrected chi connectivity index (χ2v) is 6.88. The molecule has 0 saturated carbocycles. The Bertz CT molecular complexity index is 1040. The monoisotopic (exact) mass is 382 g/mol. The predicted octanol–water partition coefficient (Wildman–Crippen LogP) is 4.91. The smallest absolute Gasteiger partial charge is 0.212 e. The zero-order chi connectivity index (χ0) is 18.1. The van der Waals surface area contributed by atoms with Crippen LogP contribution in [0.1, 0.15) is 0 Å². The Labute approximate surface area is 159 Å². The maximum Gasteiger partial charge on any atom is 0.212 e. The maximum atomic E-state index is 6.32. The minimum absolute atomic E-state index is 0.548. The Morgan fingerprint density at radius 2 is 1.73 bits per heavy atom. The van der Waals surface area contributed by atoms with E-state index in [2.05, 4.69) is 10.1 Å². The fraction of sp³-hybridized carbons (Fsp3) is 0.0526. The van der Waals surface area contributed by atoms with E-state index in [1.54, 1.807) is 18.0 Å². The summed E-state index contributed by atoms with van der Waals surface area (Å²) in [6.45, 7) is 0. The highest BCUT2D eigenvalue weighted by Gasteiger charge is 2.14. The molecule has 2 aromatic carbocycles. The van der Waals surface area contributed by atoms with E-state index >= 15 is 0 Å². The van der Waals surface area contributed by atoms with E-state index < -0.39 is 0 Å². The lowest BCUT2D eigenvalue weighted by molar-refractivity contribution is 0.415. The van der Waals surface area contributed by atoms with Gasteiger partial charge in [0, 0.05) is 21.5 Å². The summed E-state index contributed by atoms with van der Waals surface area (Å²) in [5, 5.41) is 7.81. The Morgan fingerprint density at radius 3 is 2.42 bits per heavy atom. The Hall–Kier alpha value is -2.83. The van der Waals surface area contributed by atoms with Crippen molar-refractivity contribution in [1.29, 1.82) is 0 Å². The summed E-state index contributed by atoms with van der Waals surface area (Å²) in [7, 11) is 1.64. The van der Waals surface area contributed by atoms with Gasteiger partial charge in [-0.15, -0.1) is 11.3 Å². The number of anilines is 1. The number of rotatable bonds is 4. The third-order valence-electron chi connectivity index (χ3n) is 4.02. The highest BCUT2D eigenvalue weighted by Crippen LogP contribution is 2.31. The van der Waals surface area contributed by atoms with Crippen molar-refractivity contribution in [2.75, 3.05) is 12.8 Å². The van der Waals surface area contributed by atoms with Crippen LogP contribution in [0.2, 0.25) is 5.02 Å². The average Bonchev–Trinajstić information content (AvgIpc) is 3.29. The third kappa shape index (κ3) is 3.05. The molecule has 130 valence electrons. The Morgan fingerprint density at radius 1 is 1.04 bits per heavy atom. The van der Waals surface area contributed by atoms with Gasteiger partial charge in [0.2, 0.25) is 5.13 Å². The van der Waals surface area contributed by atoms with Crippen LogP contribution >= 0.6 is 22.9 Å². The topological polar surface area (TPSA) is 66.0 Å². The molecular formula is C19H15ClN4OS. The lowest BCUT2D eigenvalue weighted by Gasteiger charge is -2.04. The van der Waals surface area contributed by atoms with Crippen LogP contribution < -0.4 is 10.5 Å². The molecule has 4 aromatic rings. The molecule has 2 N–H and O–H groups in total. The van der Waals surface area contributed by atoms with Crippen LogP contribution in [0.15, 0.2) is 60.1 Å². The number of nitrogen functional groups attached to an aromatic ring is 1. The summed E-state index contributed by atoms with van der Waals surface area (Å²) in [5.41, 5.74) is 10.0. The van der Waals surface area contributed by atoms with E-state index in [1.807, 2.05) is 53.9 Å². The number of methoxy groups -OCH3 is 1. The molecule has 0 spiro atoms. The highest BCUT2D eigenvalue weighted by molar-refractivity contribution is 7.12. The predicted molar refractivity (Wildman–Crippen MR) is 106 cm³/mol. The van der Waals surface area contributed by atoms with E-state index in [0.29, 0.717) is 16.0 Å². The largest absolute Gasteiger partial charge is 0.497 e. The van der Waals surface area contributed by atoms with Crippen LogP contribution in [0.3, 0.4) is 0 Å². The van der Waals surface area contributed by atoms with Crippen molar-refractivity contribution in [3.8, 4) is 33.3 Å². The number of ether oxygens (including phenoxy) is 1. The Kier molecular flexibility index (Phi) is 4.36. The molecule has 0 bridgehead atoms. The van der Waals surface area contributed by atoms with Crippen LogP contribution in [0.25, 0.3) is 27.5 Å². The van der Waals surface area contributed by atoms with Gasteiger partial charge >= 0.3 is 0 Å². The lowest BCUT2D eigenvalue weighted by atomic mass is 10.1. The number of aromatic nitrogens is 3. The average molecular weight is 383 g/mol. The summed E-state index contributed by atoms with van der Waals surface area (Å²) in [4.78, 5) is 4.65. The molecule has 0 radical (unpaired) electrons. The van der Waals surface area contributed by atoms with Gasteiger partial charge in [-0.25, -0.2) is 4.98 Å². The number of nitrogens with two attached hydrogens (primary N) is 1. The number of hydrogen-bond acceptors (Lipinski definition) is 5. The van der Waals surface area contributed by atoms with Crippen LogP contribution in [0.4, 0.5) is 5.82 Å². The molecule has 4 rings (SSSR count). The number of thiazole rings is 1. The molecule has 0 aliphatic heterocycles. The van der Waals surface area contributed by atoms with Crippen LogP contribution in [0.5, 0.6) is 5.75 Å². The summed E-state index contributed by atoms with van der Waals surface area (Å²) in [5.74, 6) is 1.35. The minimum atomic E-state index is 0.548. The van der Waals surface area contributed by atoms with Crippen molar-refractivity contribution >= 4 is 28.8 Å². The quantitative estimate of drug-likeness (QED) is 0.544. The van der Waals surface area contributed by atoms with Gasteiger partial charge in [-0.1, -0.05) is 35.9 Å². The molecule has 0 atom stereocenters. The van der Waals surface area contributed by atoms with E-state index in [4.69, 9.17) is 22.1 Å². The molecular weight excluding hydrogens is 368 g/mol. The molecule has 2 aromatic heterocycles. The first kappa shape index (κ1) is 16.6. The molecule has 7 heteroatoms. The maximum absolute atomic E-state index is 6.32. The van der Waals surface area contributed by atoms with Crippen molar-refractivity contribution in [1.82, 2.24) is 14.8 Å². The van der Waals surface area contributed by atoms with Gasteiger partial charge in [0.15, 0.2) is 0 Å². The summed E-state index contributed by atoms with van der Waals surface area (Å²) < 4.78 is 6.85. The SMILES string of the molecule is COc1ccc(-c2cnn(-c3nc(-c4ccc(Cl)cc4)cs3)c2N)cc1. The van der Waals surface area contributed by atoms with Gasteiger partial charge in [-0.05, 0) is 29.8 Å². The number of nitrogens with zero attached hydrogens (tertiary/aromatic N) is 3. The third-order valence-corrected chi connectivity index (χ3v) is 5.09. The summed E-state index contributed by atoms with van der Waals surface area (Å²) in [6.07, 6.45) is 1.75. The molecule has 5 nitrogen and oxygen atoms in total. The van der Waals surface area contributed by atoms with E-state index in [-0.39, 0.29) is 0 Å². The number of benzene rings is 2. The second-order valence-electron chi connectivity index (χ2n) is 5.61. The van der Waals surface area contributed by atoms with Gasteiger partial charge in [-0.3, -0.25) is 0 Å². The molecule has 0 aliphatic carbocycles. The van der Waals surface area contributed by atoms with Gasteiger partial charge in [0.05, 0.1) is 19.0 Å². The van der Waals surface area contributed by atoms with E-state index in [9.17, 15) is 0 Å². The lowest BCUT2D eigenvalue weighted by Crippen LogP contribution is -2.01. The highest BCUT2D eigenvalue weighted by atomic mass is 35.5. The van der Waals surface area contributed by atoms with Gasteiger partial charge < -0.3 is 10.5 Å². The zero-order valence-corrected chi connectivity index (χ0v) is 15.5. The minimum Gasteiger partial charge on any atom is -0.497 e. The molecule has 0 saturated heterocycles. The normalized spacial score (nSPS) is 10.8. The first-order valence-corrected chi connectivity index (χ1v) is 9.11. The van der Waals surface area contributed by atoms with Crippen LogP contribution in [-0.4, -0.2) is 21.9 Å². The van der Waals surface area contributed by atoms with Crippen molar-refractivity contribution < 1.29 is 4.74 Å². The molecule has 26 heavy (non-hydrogen) atoms. The van der Waals surface area contributed by atoms with Gasteiger partial charge in [0.25, 0.3) is 0 Å². The van der Waals surface area contributed by atoms with Crippen molar-refractivity contribution in [3.05, 3.63) is 65.1 Å². The van der Waals surface area contributed by atoms with Crippen molar-refractivity contribution in [2.45, 2.75) is 0 Å². The molecule has 0 amide bonds. The van der Waals surface area contributed by atoms with Gasteiger partial charge in [0.1, 0.15) is 11.6 Å². The van der Waals surface area contributed by atoms with Gasteiger partial charge in [-0.2, -0.15) is 9.78 Å². The molecule has 0 fully saturated rings. The number of hydrogen-bond donors (Lipinski definition) is 1. The first-order chi connectivity index (χ1) is 12.7. The summed E-state index contributed by atoms with van der Waals surface area (Å²) >= 11 is 7.43. The zero-order valence-electron chi connectivity index (χ0n) is 13.9. The van der Waals surface area contributed by atoms with Crippen molar-refractivity contribution in [2.24, 2.45) is 0 Å². The first-order valence-electron chi connectivity index (χ1n) is 7.85. The standard InChI is InChI=1S/C19H15ClN4OS/c1-25-15-8-4-12(5-9-15)16-10-22-24(18(16)21)19-23-17(11-26-19)13-2-6-14(20)7-3-13/h2-11H,21H2,1H3.